The number of alkyl halides is 3. The molecule has 0 bridgehead atoms. The van der Waals surface area contributed by atoms with Gasteiger partial charge in [0.1, 0.15) is 6.33 Å². The van der Waals surface area contributed by atoms with Gasteiger partial charge in [0.25, 0.3) is 10.0 Å². The fourth-order valence-electron chi connectivity index (χ4n) is 7.23. The van der Waals surface area contributed by atoms with Crippen LogP contribution in [0.5, 0.6) is 0 Å². The van der Waals surface area contributed by atoms with Crippen LogP contribution < -0.4 is 20.3 Å². The topological polar surface area (TPSA) is 102 Å². The van der Waals surface area contributed by atoms with Gasteiger partial charge < -0.3 is 15.5 Å². The molecule has 1 aromatic heterocycles. The molecule has 1 aliphatic heterocycles. The first-order chi connectivity index (χ1) is 28.8. The number of nitrogens with one attached hydrogen (secondary N) is 3. The third-order valence-electron chi connectivity index (χ3n) is 10.3. The van der Waals surface area contributed by atoms with E-state index < -0.39 is 26.7 Å². The summed E-state index contributed by atoms with van der Waals surface area (Å²) in [5, 5.41) is 7.52. The summed E-state index contributed by atoms with van der Waals surface area (Å²) in [6.07, 6.45) is -3.03. The molecule has 0 radical (unpaired) electrons. The van der Waals surface area contributed by atoms with Crippen molar-refractivity contribution in [2.24, 2.45) is 0 Å². The molecule has 7 rings (SSSR count). The van der Waals surface area contributed by atoms with Gasteiger partial charge in [0, 0.05) is 77.2 Å². The predicted molar refractivity (Wildman–Crippen MR) is 239 cm³/mol. The molecule has 9 nitrogen and oxygen atoms in total. The Hall–Kier alpha value is -4.86. The van der Waals surface area contributed by atoms with Crippen LogP contribution in [0.15, 0.2) is 131 Å². The van der Waals surface area contributed by atoms with E-state index in [0.717, 1.165) is 60.0 Å². The van der Waals surface area contributed by atoms with E-state index in [9.17, 15) is 21.6 Å². The minimum atomic E-state index is -4.83. The van der Waals surface area contributed by atoms with Crippen LogP contribution in [-0.4, -0.2) is 73.8 Å². The zero-order chi connectivity index (χ0) is 42.3. The second-order valence-corrected chi connectivity index (χ2v) is 18.2. The lowest BCUT2D eigenvalue weighted by atomic mass is 9.99. The first-order valence-corrected chi connectivity index (χ1v) is 22.6. The number of sulfonamides is 1. The van der Waals surface area contributed by atoms with Gasteiger partial charge >= 0.3 is 6.18 Å². The number of thioether (sulfide) groups is 1. The third kappa shape index (κ3) is 11.1. The molecule has 1 fully saturated rings. The maximum absolute atomic E-state index is 14.6. The zero-order valence-electron chi connectivity index (χ0n) is 33.3. The molecule has 0 saturated carbocycles. The molecule has 1 saturated heterocycles. The number of aromatic nitrogens is 2. The molecule has 2 heterocycles. The van der Waals surface area contributed by atoms with Crippen molar-refractivity contribution in [3.05, 3.63) is 138 Å². The van der Waals surface area contributed by atoms with Crippen molar-refractivity contribution in [1.29, 1.82) is 0 Å². The summed E-state index contributed by atoms with van der Waals surface area (Å²) in [4.78, 5) is 13.7. The summed E-state index contributed by atoms with van der Waals surface area (Å²) in [7, 11) is -4.50. The van der Waals surface area contributed by atoms with Crippen molar-refractivity contribution in [2.45, 2.75) is 54.9 Å². The molecule has 0 unspecified atom stereocenters. The lowest BCUT2D eigenvalue weighted by Crippen LogP contribution is -2.46. The summed E-state index contributed by atoms with van der Waals surface area (Å²) in [6.45, 7) is 8.49. The van der Waals surface area contributed by atoms with E-state index in [2.05, 4.69) is 53.3 Å². The molecule has 0 aliphatic carbocycles. The number of hydrogen-bond donors (Lipinski definition) is 3. The molecular formula is C45H47ClF3N7O2S2. The second-order valence-electron chi connectivity index (χ2n) is 15.0. The summed E-state index contributed by atoms with van der Waals surface area (Å²) in [6, 6.07) is 34.3. The SMILES string of the molecule is CC(C)NCC[C@H](CSc1ccccc1)Nc1ccc(S(=O)(=O)Nc2ncnc3cc(N4CCN(Cc5cc(Cl)ccc5-c5ccccc5)CC4)ccc23)cc1C(F)(F)F. The van der Waals surface area contributed by atoms with Crippen LogP contribution in [0.1, 0.15) is 31.4 Å². The first kappa shape index (κ1) is 43.2. The highest BCUT2D eigenvalue weighted by Gasteiger charge is 2.36. The van der Waals surface area contributed by atoms with Crippen LogP contribution in [-0.2, 0) is 22.7 Å². The van der Waals surface area contributed by atoms with Crippen LogP contribution in [0.25, 0.3) is 22.0 Å². The number of benzene rings is 5. The first-order valence-electron chi connectivity index (χ1n) is 19.8. The fourth-order valence-corrected chi connectivity index (χ4v) is 9.48. The van der Waals surface area contributed by atoms with E-state index in [1.807, 2.05) is 86.6 Å². The van der Waals surface area contributed by atoms with Gasteiger partial charge in [-0.2, -0.15) is 13.2 Å². The monoisotopic (exact) mass is 873 g/mol. The smallest absolute Gasteiger partial charge is 0.381 e. The van der Waals surface area contributed by atoms with Crippen LogP contribution in [0, 0.1) is 0 Å². The maximum Gasteiger partial charge on any atom is 0.418 e. The molecule has 0 spiro atoms. The highest BCUT2D eigenvalue weighted by Crippen LogP contribution is 2.38. The average Bonchev–Trinajstić information content (AvgIpc) is 3.23. The number of halogens is 4. The lowest BCUT2D eigenvalue weighted by molar-refractivity contribution is -0.137. The minimum Gasteiger partial charge on any atom is -0.381 e. The van der Waals surface area contributed by atoms with Gasteiger partial charge in [-0.25, -0.2) is 18.4 Å². The van der Waals surface area contributed by atoms with Crippen molar-refractivity contribution < 1.29 is 21.6 Å². The largest absolute Gasteiger partial charge is 0.418 e. The molecular weight excluding hydrogens is 827 g/mol. The Kier molecular flexibility index (Phi) is 13.9. The van der Waals surface area contributed by atoms with Gasteiger partial charge in [-0.05, 0) is 90.3 Å². The van der Waals surface area contributed by atoms with Gasteiger partial charge in [-0.1, -0.05) is 80.0 Å². The molecule has 1 atom stereocenters. The van der Waals surface area contributed by atoms with Crippen molar-refractivity contribution in [2.75, 3.05) is 53.4 Å². The van der Waals surface area contributed by atoms with Crippen molar-refractivity contribution in [3.8, 4) is 11.1 Å². The van der Waals surface area contributed by atoms with Gasteiger partial charge in [0.05, 0.1) is 16.0 Å². The Balaban J connectivity index is 1.04. The second kappa shape index (κ2) is 19.2. The fraction of sp³-hybridized carbons (Fsp3) is 0.289. The molecule has 5 aromatic carbocycles. The van der Waals surface area contributed by atoms with Gasteiger partial charge in [0.2, 0.25) is 0 Å². The lowest BCUT2D eigenvalue weighted by Gasteiger charge is -2.36. The molecule has 1 aliphatic rings. The molecule has 3 N–H and O–H groups in total. The third-order valence-corrected chi connectivity index (χ3v) is 13.1. The van der Waals surface area contributed by atoms with E-state index in [1.165, 1.54) is 18.5 Å². The summed E-state index contributed by atoms with van der Waals surface area (Å²) in [5.41, 5.74) is 3.61. The Bertz CT molecular complexity index is 2490. The van der Waals surface area contributed by atoms with Crippen molar-refractivity contribution in [3.63, 3.8) is 0 Å². The van der Waals surface area contributed by atoms with E-state index >= 15 is 0 Å². The van der Waals surface area contributed by atoms with Crippen LogP contribution in [0.2, 0.25) is 5.02 Å². The standard InChI is InChI=1S/C45H47ClF3N7O2S2/c1-31(2)50-20-19-35(29-59-37-11-7-4-8-12-37)53-42-18-15-38(27-41(42)45(47,48)49)60(57,58)54-44-40-17-14-36(26-43(40)51-30-52-44)56-23-21-55(22-24-56)28-33-25-34(46)13-16-39(33)32-9-5-3-6-10-32/h3-18,25-27,30-31,35,50,53H,19-24,28-29H2,1-2H3,(H,51,52,54)/t35-/m1/s1. The summed E-state index contributed by atoms with van der Waals surface area (Å²) >= 11 is 7.96. The van der Waals surface area contributed by atoms with Gasteiger partial charge in [-0.3, -0.25) is 9.62 Å². The number of fused-ring (bicyclic) bond motifs is 1. The van der Waals surface area contributed by atoms with Crippen LogP contribution in [0.3, 0.4) is 0 Å². The molecule has 15 heteroatoms. The van der Waals surface area contributed by atoms with E-state index in [0.29, 0.717) is 40.7 Å². The quantitative estimate of drug-likeness (QED) is 0.0821. The number of nitrogens with zero attached hydrogens (tertiary/aromatic N) is 4. The van der Waals surface area contributed by atoms with Gasteiger partial charge in [-0.15, -0.1) is 11.8 Å². The highest BCUT2D eigenvalue weighted by atomic mass is 35.5. The highest BCUT2D eigenvalue weighted by molar-refractivity contribution is 7.99. The Morgan fingerprint density at radius 1 is 0.850 bits per heavy atom. The predicted octanol–water partition coefficient (Wildman–Crippen LogP) is 10.1. The summed E-state index contributed by atoms with van der Waals surface area (Å²) in [5.74, 6) is 0.472. The number of rotatable bonds is 16. The van der Waals surface area contributed by atoms with Crippen molar-refractivity contribution >= 4 is 61.5 Å². The van der Waals surface area contributed by atoms with Crippen LogP contribution >= 0.6 is 23.4 Å². The summed E-state index contributed by atoms with van der Waals surface area (Å²) < 4.78 is 73.7. The average molecular weight is 874 g/mol. The Morgan fingerprint density at radius 2 is 1.58 bits per heavy atom. The van der Waals surface area contributed by atoms with E-state index in [4.69, 9.17) is 11.6 Å². The Labute approximate surface area is 358 Å². The van der Waals surface area contributed by atoms with Gasteiger partial charge in [0.15, 0.2) is 5.82 Å². The van der Waals surface area contributed by atoms with E-state index in [-0.39, 0.29) is 23.6 Å². The minimum absolute atomic E-state index is 0.0291. The number of hydrogen-bond acceptors (Lipinski definition) is 9. The number of anilines is 3. The molecule has 0 amide bonds. The van der Waals surface area contributed by atoms with Crippen molar-refractivity contribution in [1.82, 2.24) is 20.2 Å². The molecule has 6 aromatic rings. The molecule has 314 valence electrons. The van der Waals surface area contributed by atoms with E-state index in [1.54, 1.807) is 17.8 Å². The zero-order valence-corrected chi connectivity index (χ0v) is 35.7. The molecule has 60 heavy (non-hydrogen) atoms. The van der Waals surface area contributed by atoms with Crippen LogP contribution in [0.4, 0.5) is 30.4 Å². The maximum atomic E-state index is 14.6. The Morgan fingerprint density at radius 3 is 2.30 bits per heavy atom. The normalized spacial score (nSPS) is 14.4. The number of piperazine rings is 1.